The first-order valence-electron chi connectivity index (χ1n) is 9.36. The van der Waals surface area contributed by atoms with Crippen LogP contribution in [0.4, 0.5) is 5.69 Å². The predicted molar refractivity (Wildman–Crippen MR) is 114 cm³/mol. The number of amidine groups is 1. The van der Waals surface area contributed by atoms with Gasteiger partial charge in [0.2, 0.25) is 5.91 Å². The van der Waals surface area contributed by atoms with Gasteiger partial charge in [-0.05, 0) is 35.7 Å². The number of carboxylic acids is 1. The third kappa shape index (κ3) is 5.25. The lowest BCUT2D eigenvalue weighted by Crippen LogP contribution is -2.56. The number of benzene rings is 1. The molecule has 1 aliphatic heterocycles. The van der Waals surface area contributed by atoms with E-state index in [0.29, 0.717) is 16.1 Å². The first-order chi connectivity index (χ1) is 14.8. The van der Waals surface area contributed by atoms with Gasteiger partial charge in [-0.2, -0.15) is 0 Å². The lowest BCUT2D eigenvalue weighted by atomic mass is 10.1. The Morgan fingerprint density at radius 3 is 2.45 bits per heavy atom. The average Bonchev–Trinajstić information content (AvgIpc) is 3.26. The maximum atomic E-state index is 12.6. The number of nitrogens with two attached hydrogens (primary N) is 1. The number of anilines is 1. The number of nitrogens with one attached hydrogen (secondary N) is 2. The van der Waals surface area contributed by atoms with Crippen molar-refractivity contribution in [1.82, 2.24) is 10.2 Å². The van der Waals surface area contributed by atoms with Gasteiger partial charge in [-0.25, -0.2) is 0 Å². The van der Waals surface area contributed by atoms with Crippen molar-refractivity contribution in [2.75, 3.05) is 24.5 Å². The van der Waals surface area contributed by atoms with E-state index in [1.165, 1.54) is 16.2 Å². The molecule has 0 saturated carbocycles. The van der Waals surface area contributed by atoms with E-state index in [9.17, 15) is 19.2 Å². The van der Waals surface area contributed by atoms with Crippen LogP contribution < -0.4 is 16.0 Å². The second-order valence-electron chi connectivity index (χ2n) is 6.88. The van der Waals surface area contributed by atoms with Crippen molar-refractivity contribution in [2.24, 2.45) is 5.73 Å². The zero-order valence-electron chi connectivity index (χ0n) is 16.4. The summed E-state index contributed by atoms with van der Waals surface area (Å²) in [4.78, 5) is 51.8. The highest BCUT2D eigenvalue weighted by Crippen LogP contribution is 2.22. The van der Waals surface area contributed by atoms with Gasteiger partial charge in [-0.15, -0.1) is 11.3 Å². The van der Waals surface area contributed by atoms with E-state index in [4.69, 9.17) is 16.2 Å². The monoisotopic (exact) mass is 443 g/mol. The topological polar surface area (TPSA) is 157 Å². The van der Waals surface area contributed by atoms with Crippen LogP contribution in [-0.4, -0.2) is 59.2 Å². The fraction of sp³-hybridized carbons (Fsp3) is 0.250. The normalized spacial score (nSPS) is 15.0. The molecule has 1 unspecified atom stereocenters. The Hall–Kier alpha value is -3.73. The van der Waals surface area contributed by atoms with E-state index in [1.807, 2.05) is 0 Å². The number of aliphatic carboxylic acids is 1. The third-order valence-corrected chi connectivity index (χ3v) is 5.72. The summed E-state index contributed by atoms with van der Waals surface area (Å²) < 4.78 is 0. The molecule has 1 aromatic heterocycles. The van der Waals surface area contributed by atoms with Crippen LogP contribution in [0.5, 0.6) is 0 Å². The second kappa shape index (κ2) is 9.39. The van der Waals surface area contributed by atoms with Crippen LogP contribution in [0.15, 0.2) is 41.8 Å². The molecule has 1 aliphatic rings. The summed E-state index contributed by atoms with van der Waals surface area (Å²) in [5, 5.41) is 20.9. The standard InChI is InChI=1S/C20H21N5O5S/c21-18(22)12-3-5-13(6-4-12)25-8-7-24(19(29)20(25)30)11-16(26)23-14(10-17(27)28)15-2-1-9-31-15/h1-6,9,14H,7-8,10-11H2,(H3,21,22)(H,23,26)(H,27,28). The van der Waals surface area contributed by atoms with E-state index in [0.717, 1.165) is 4.90 Å². The first kappa shape index (κ1) is 22.0. The Morgan fingerprint density at radius 2 is 1.87 bits per heavy atom. The van der Waals surface area contributed by atoms with Crippen molar-refractivity contribution in [2.45, 2.75) is 12.5 Å². The smallest absolute Gasteiger partial charge is 0.316 e. The predicted octanol–water partition coefficient (Wildman–Crippen LogP) is 0.540. The van der Waals surface area contributed by atoms with Crippen molar-refractivity contribution in [1.29, 1.82) is 5.41 Å². The highest BCUT2D eigenvalue weighted by atomic mass is 32.1. The number of thiophene rings is 1. The maximum Gasteiger partial charge on any atom is 0.316 e. The number of hydrogen-bond acceptors (Lipinski definition) is 6. The first-order valence-corrected chi connectivity index (χ1v) is 10.2. The fourth-order valence-electron chi connectivity index (χ4n) is 3.19. The highest BCUT2D eigenvalue weighted by molar-refractivity contribution is 7.10. The Balaban J connectivity index is 1.62. The minimum Gasteiger partial charge on any atom is -0.481 e. The Kier molecular flexibility index (Phi) is 6.65. The molecule has 0 aliphatic carbocycles. The van der Waals surface area contributed by atoms with Crippen molar-refractivity contribution < 1.29 is 24.3 Å². The molecule has 3 amide bonds. The summed E-state index contributed by atoms with van der Waals surface area (Å²) in [5.41, 5.74) is 6.41. The van der Waals surface area contributed by atoms with Gasteiger partial charge in [0, 0.05) is 29.2 Å². The quantitative estimate of drug-likeness (QED) is 0.265. The number of amides is 3. The molecule has 0 spiro atoms. The molecule has 10 nitrogen and oxygen atoms in total. The summed E-state index contributed by atoms with van der Waals surface area (Å²) >= 11 is 1.32. The summed E-state index contributed by atoms with van der Waals surface area (Å²) in [6.07, 6.45) is -0.289. The zero-order valence-corrected chi connectivity index (χ0v) is 17.2. The number of carbonyl (C=O) groups excluding carboxylic acids is 3. The van der Waals surface area contributed by atoms with Crippen LogP contribution in [0.1, 0.15) is 22.9 Å². The summed E-state index contributed by atoms with van der Waals surface area (Å²) in [7, 11) is 0. The van der Waals surface area contributed by atoms with E-state index in [-0.39, 0.29) is 31.9 Å². The minimum atomic E-state index is -1.06. The summed E-state index contributed by atoms with van der Waals surface area (Å²) in [6.45, 7) is -0.00101. The van der Waals surface area contributed by atoms with Crippen molar-refractivity contribution >= 4 is 46.6 Å². The van der Waals surface area contributed by atoms with Crippen molar-refractivity contribution in [3.05, 3.63) is 52.2 Å². The molecule has 3 rings (SSSR count). The molecule has 5 N–H and O–H groups in total. The van der Waals surface area contributed by atoms with E-state index >= 15 is 0 Å². The average molecular weight is 443 g/mol. The minimum absolute atomic E-state index is 0.103. The number of rotatable bonds is 8. The molecule has 1 aromatic carbocycles. The number of hydrogen-bond donors (Lipinski definition) is 4. The highest BCUT2D eigenvalue weighted by Gasteiger charge is 2.34. The maximum absolute atomic E-state index is 12.6. The van der Waals surface area contributed by atoms with Crippen LogP contribution in [0.2, 0.25) is 0 Å². The SMILES string of the molecule is N=C(N)c1ccc(N2CCN(CC(=O)NC(CC(=O)O)c3cccs3)C(=O)C2=O)cc1. The molecule has 0 bridgehead atoms. The van der Waals surface area contributed by atoms with E-state index in [1.54, 1.807) is 41.8 Å². The largest absolute Gasteiger partial charge is 0.481 e. The second-order valence-corrected chi connectivity index (χ2v) is 7.86. The summed E-state index contributed by atoms with van der Waals surface area (Å²) in [5.74, 6) is -3.29. The molecule has 31 heavy (non-hydrogen) atoms. The fourth-order valence-corrected chi connectivity index (χ4v) is 3.97. The number of carbonyl (C=O) groups is 4. The lowest BCUT2D eigenvalue weighted by Gasteiger charge is -2.33. The Morgan fingerprint density at radius 1 is 1.16 bits per heavy atom. The Bertz CT molecular complexity index is 1010. The molecule has 2 heterocycles. The number of piperazine rings is 1. The van der Waals surface area contributed by atoms with E-state index in [2.05, 4.69) is 5.32 Å². The van der Waals surface area contributed by atoms with Crippen molar-refractivity contribution in [3.63, 3.8) is 0 Å². The molecule has 0 radical (unpaired) electrons. The van der Waals surface area contributed by atoms with Crippen LogP contribution >= 0.6 is 11.3 Å². The molecule has 2 aromatic rings. The van der Waals surface area contributed by atoms with Gasteiger partial charge in [-0.3, -0.25) is 24.6 Å². The molecule has 1 atom stereocenters. The van der Waals surface area contributed by atoms with E-state index < -0.39 is 29.7 Å². The molecule has 11 heteroatoms. The van der Waals surface area contributed by atoms with Gasteiger partial charge in [0.25, 0.3) is 0 Å². The number of carboxylic acid groups (broad SMARTS) is 1. The molecular weight excluding hydrogens is 422 g/mol. The zero-order chi connectivity index (χ0) is 22.5. The lowest BCUT2D eigenvalue weighted by molar-refractivity contribution is -0.147. The third-order valence-electron chi connectivity index (χ3n) is 4.73. The number of nitrogen functional groups attached to an aromatic ring is 1. The van der Waals surface area contributed by atoms with Gasteiger partial charge in [0.1, 0.15) is 12.4 Å². The van der Waals surface area contributed by atoms with Gasteiger partial charge < -0.3 is 26.0 Å². The van der Waals surface area contributed by atoms with Crippen LogP contribution in [0.25, 0.3) is 0 Å². The van der Waals surface area contributed by atoms with Gasteiger partial charge in [0.15, 0.2) is 0 Å². The van der Waals surface area contributed by atoms with Crippen LogP contribution in [0.3, 0.4) is 0 Å². The van der Waals surface area contributed by atoms with Crippen molar-refractivity contribution in [3.8, 4) is 0 Å². The Labute approximate surface area is 181 Å². The molecule has 1 fully saturated rings. The van der Waals surface area contributed by atoms with Gasteiger partial charge in [0.05, 0.1) is 12.5 Å². The number of nitrogens with zero attached hydrogens (tertiary/aromatic N) is 2. The van der Waals surface area contributed by atoms with Gasteiger partial charge in [-0.1, -0.05) is 6.07 Å². The molecular formula is C20H21N5O5S. The van der Waals surface area contributed by atoms with Gasteiger partial charge >= 0.3 is 17.8 Å². The molecule has 1 saturated heterocycles. The molecule has 162 valence electrons. The van der Waals surface area contributed by atoms with Crippen LogP contribution in [-0.2, 0) is 19.2 Å². The van der Waals surface area contributed by atoms with Crippen LogP contribution in [0, 0.1) is 5.41 Å². The summed E-state index contributed by atoms with van der Waals surface area (Å²) in [6, 6.07) is 9.14.